The van der Waals surface area contributed by atoms with E-state index in [4.69, 9.17) is 0 Å². The standard InChI is InChI=1S/C16H19N5S/c1-12-4-3-5-14(10-12)19-6-8-20(9-7-19)16-18-21-11-13(2)17-15(21)22-16/h3-5,10-11H,6-9H2,1-2H3. The van der Waals surface area contributed by atoms with Crippen molar-refractivity contribution in [1.82, 2.24) is 14.6 Å². The smallest absolute Gasteiger partial charge is 0.214 e. The van der Waals surface area contributed by atoms with Gasteiger partial charge in [-0.1, -0.05) is 23.5 Å². The summed E-state index contributed by atoms with van der Waals surface area (Å²) in [6.45, 7) is 8.22. The van der Waals surface area contributed by atoms with E-state index in [9.17, 15) is 0 Å². The minimum absolute atomic E-state index is 0.980. The van der Waals surface area contributed by atoms with Crippen molar-refractivity contribution in [3.8, 4) is 0 Å². The van der Waals surface area contributed by atoms with Crippen molar-refractivity contribution in [2.24, 2.45) is 0 Å². The lowest BCUT2D eigenvalue weighted by molar-refractivity contribution is 0.648. The van der Waals surface area contributed by atoms with E-state index in [1.807, 2.05) is 17.6 Å². The largest absolute Gasteiger partial charge is 0.368 e. The third kappa shape index (κ3) is 2.43. The van der Waals surface area contributed by atoms with Crippen LogP contribution in [-0.4, -0.2) is 40.8 Å². The highest BCUT2D eigenvalue weighted by molar-refractivity contribution is 7.20. The number of nitrogens with zero attached hydrogens (tertiary/aromatic N) is 5. The fourth-order valence-electron chi connectivity index (χ4n) is 2.91. The number of aromatic nitrogens is 3. The van der Waals surface area contributed by atoms with Crippen LogP contribution in [0.15, 0.2) is 30.5 Å². The number of hydrogen-bond donors (Lipinski definition) is 0. The van der Waals surface area contributed by atoms with Crippen LogP contribution in [0.3, 0.4) is 0 Å². The van der Waals surface area contributed by atoms with E-state index in [-0.39, 0.29) is 0 Å². The van der Waals surface area contributed by atoms with Gasteiger partial charge in [0, 0.05) is 31.9 Å². The van der Waals surface area contributed by atoms with Crippen molar-refractivity contribution in [3.05, 3.63) is 41.7 Å². The summed E-state index contributed by atoms with van der Waals surface area (Å²) >= 11 is 1.67. The Morgan fingerprint density at radius 3 is 2.55 bits per heavy atom. The molecule has 1 aliphatic heterocycles. The van der Waals surface area contributed by atoms with Crippen molar-refractivity contribution >= 4 is 27.1 Å². The van der Waals surface area contributed by atoms with Crippen molar-refractivity contribution < 1.29 is 0 Å². The quantitative estimate of drug-likeness (QED) is 0.729. The predicted molar refractivity (Wildman–Crippen MR) is 91.2 cm³/mol. The number of fused-ring (bicyclic) bond motifs is 1. The molecule has 0 radical (unpaired) electrons. The van der Waals surface area contributed by atoms with Gasteiger partial charge >= 0.3 is 0 Å². The molecule has 0 bridgehead atoms. The van der Waals surface area contributed by atoms with Gasteiger partial charge in [-0.25, -0.2) is 9.50 Å². The van der Waals surface area contributed by atoms with Gasteiger partial charge < -0.3 is 9.80 Å². The summed E-state index contributed by atoms with van der Waals surface area (Å²) in [6.07, 6.45) is 1.98. The summed E-state index contributed by atoms with van der Waals surface area (Å²) in [5, 5.41) is 5.72. The molecular weight excluding hydrogens is 294 g/mol. The number of benzene rings is 1. The summed E-state index contributed by atoms with van der Waals surface area (Å²) < 4.78 is 1.89. The zero-order valence-corrected chi connectivity index (χ0v) is 13.7. The predicted octanol–water partition coefficient (Wildman–Crippen LogP) is 2.73. The van der Waals surface area contributed by atoms with Crippen LogP contribution in [0.25, 0.3) is 4.96 Å². The van der Waals surface area contributed by atoms with Crippen LogP contribution in [0.4, 0.5) is 10.8 Å². The Morgan fingerprint density at radius 2 is 1.82 bits per heavy atom. The summed E-state index contributed by atoms with van der Waals surface area (Å²) in [5.41, 5.74) is 3.66. The average Bonchev–Trinajstić information content (AvgIpc) is 3.05. The van der Waals surface area contributed by atoms with Crippen LogP contribution in [0.5, 0.6) is 0 Å². The first-order valence-corrected chi connectivity index (χ1v) is 8.40. The van der Waals surface area contributed by atoms with Crippen LogP contribution in [0.1, 0.15) is 11.3 Å². The Kier molecular flexibility index (Phi) is 3.26. The molecule has 3 heterocycles. The molecule has 6 heteroatoms. The zero-order valence-electron chi connectivity index (χ0n) is 12.9. The Hall–Kier alpha value is -2.08. The second kappa shape index (κ2) is 5.28. The molecule has 0 amide bonds. The number of hydrogen-bond acceptors (Lipinski definition) is 5. The first-order valence-electron chi connectivity index (χ1n) is 7.58. The van der Waals surface area contributed by atoms with Gasteiger partial charge in [-0.05, 0) is 31.5 Å². The highest BCUT2D eigenvalue weighted by Gasteiger charge is 2.20. The lowest BCUT2D eigenvalue weighted by Gasteiger charge is -2.35. The van der Waals surface area contributed by atoms with E-state index < -0.39 is 0 Å². The average molecular weight is 313 g/mol. The van der Waals surface area contributed by atoms with Gasteiger partial charge in [0.15, 0.2) is 0 Å². The highest BCUT2D eigenvalue weighted by Crippen LogP contribution is 2.25. The third-order valence-electron chi connectivity index (χ3n) is 4.07. The zero-order chi connectivity index (χ0) is 15.1. The molecular formula is C16H19N5S. The molecule has 0 aliphatic carbocycles. The summed E-state index contributed by atoms with van der Waals surface area (Å²) in [6, 6.07) is 8.74. The molecule has 5 nitrogen and oxygen atoms in total. The fraction of sp³-hybridized carbons (Fsp3) is 0.375. The molecule has 4 rings (SSSR count). The molecule has 3 aromatic rings. The second-order valence-electron chi connectivity index (χ2n) is 5.81. The van der Waals surface area contributed by atoms with E-state index in [1.165, 1.54) is 11.3 Å². The van der Waals surface area contributed by atoms with Crippen molar-refractivity contribution in [2.45, 2.75) is 13.8 Å². The Balaban J connectivity index is 1.48. The van der Waals surface area contributed by atoms with Gasteiger partial charge in [0.1, 0.15) is 0 Å². The van der Waals surface area contributed by atoms with Gasteiger partial charge in [-0.15, -0.1) is 5.10 Å². The summed E-state index contributed by atoms with van der Waals surface area (Å²) in [4.78, 5) is 10.3. The minimum Gasteiger partial charge on any atom is -0.368 e. The number of rotatable bonds is 2. The van der Waals surface area contributed by atoms with Crippen LogP contribution in [0.2, 0.25) is 0 Å². The molecule has 2 aromatic heterocycles. The molecule has 0 atom stereocenters. The number of piperazine rings is 1. The van der Waals surface area contributed by atoms with Crippen LogP contribution >= 0.6 is 11.3 Å². The van der Waals surface area contributed by atoms with Gasteiger partial charge in [0.2, 0.25) is 10.1 Å². The Labute approximate surface area is 133 Å². The van der Waals surface area contributed by atoms with E-state index >= 15 is 0 Å². The topological polar surface area (TPSA) is 36.7 Å². The van der Waals surface area contributed by atoms with E-state index in [1.54, 1.807) is 11.3 Å². The maximum absolute atomic E-state index is 4.65. The minimum atomic E-state index is 0.980. The van der Waals surface area contributed by atoms with Gasteiger partial charge in [0.05, 0.1) is 11.9 Å². The molecule has 22 heavy (non-hydrogen) atoms. The molecule has 1 aromatic carbocycles. The van der Waals surface area contributed by atoms with Crippen molar-refractivity contribution in [3.63, 3.8) is 0 Å². The van der Waals surface area contributed by atoms with E-state index in [2.05, 4.69) is 51.1 Å². The molecule has 0 unspecified atom stereocenters. The lowest BCUT2D eigenvalue weighted by atomic mass is 10.2. The summed E-state index contributed by atoms with van der Waals surface area (Å²) in [5.74, 6) is 0. The maximum atomic E-state index is 4.65. The summed E-state index contributed by atoms with van der Waals surface area (Å²) in [7, 11) is 0. The van der Waals surface area contributed by atoms with Crippen molar-refractivity contribution in [2.75, 3.05) is 36.0 Å². The Bertz CT molecular complexity index is 766. The molecule has 0 N–H and O–H groups in total. The monoisotopic (exact) mass is 313 g/mol. The normalized spacial score (nSPS) is 15.7. The first kappa shape index (κ1) is 13.6. The lowest BCUT2D eigenvalue weighted by Crippen LogP contribution is -2.46. The van der Waals surface area contributed by atoms with Gasteiger partial charge in [-0.2, -0.15) is 0 Å². The van der Waals surface area contributed by atoms with Gasteiger partial charge in [0.25, 0.3) is 0 Å². The third-order valence-corrected chi connectivity index (χ3v) is 5.05. The number of imidazole rings is 1. The number of aryl methyl sites for hydroxylation is 2. The van der Waals surface area contributed by atoms with Crippen LogP contribution < -0.4 is 9.80 Å². The molecule has 1 saturated heterocycles. The van der Waals surface area contributed by atoms with Crippen molar-refractivity contribution in [1.29, 1.82) is 0 Å². The Morgan fingerprint density at radius 1 is 1.05 bits per heavy atom. The second-order valence-corrected chi connectivity index (χ2v) is 6.74. The molecule has 0 saturated carbocycles. The van der Waals surface area contributed by atoms with E-state index in [0.717, 1.165) is 42.0 Å². The first-order chi connectivity index (χ1) is 10.7. The van der Waals surface area contributed by atoms with E-state index in [0.29, 0.717) is 0 Å². The van der Waals surface area contributed by atoms with Crippen LogP contribution in [0, 0.1) is 13.8 Å². The SMILES string of the molecule is Cc1cccc(N2CCN(c3nn4cc(C)nc4s3)CC2)c1. The molecule has 1 aliphatic rings. The molecule has 0 spiro atoms. The molecule has 114 valence electrons. The van der Waals surface area contributed by atoms with Crippen LogP contribution in [-0.2, 0) is 0 Å². The highest BCUT2D eigenvalue weighted by atomic mass is 32.1. The maximum Gasteiger partial charge on any atom is 0.214 e. The number of anilines is 2. The molecule has 1 fully saturated rings. The van der Waals surface area contributed by atoms with Gasteiger partial charge in [-0.3, -0.25) is 0 Å². The fourth-order valence-corrected chi connectivity index (χ4v) is 3.89.